The molecule has 106 valence electrons. The molecule has 0 fully saturated rings. The topological polar surface area (TPSA) is 90.2 Å². The maximum atomic E-state index is 12.8. The Morgan fingerprint density at radius 3 is 2.45 bits per heavy atom. The van der Waals surface area contributed by atoms with Crippen molar-refractivity contribution >= 4 is 17.6 Å². The SMILES string of the molecule is N#Cc1ccc(NC(=O)CCC(=O)O)c(C(F)(F)F)c1. The summed E-state index contributed by atoms with van der Waals surface area (Å²) in [6.45, 7) is 0. The highest BCUT2D eigenvalue weighted by atomic mass is 19.4. The van der Waals surface area contributed by atoms with E-state index in [1.165, 1.54) is 0 Å². The number of hydrogen-bond donors (Lipinski definition) is 2. The number of carbonyl (C=O) groups is 2. The van der Waals surface area contributed by atoms with Crippen molar-refractivity contribution in [2.24, 2.45) is 0 Å². The number of rotatable bonds is 4. The molecule has 1 amide bonds. The Balaban J connectivity index is 2.98. The summed E-state index contributed by atoms with van der Waals surface area (Å²) in [5, 5.41) is 19.0. The Morgan fingerprint density at radius 2 is 1.95 bits per heavy atom. The number of nitrogens with one attached hydrogen (secondary N) is 1. The molecule has 5 nitrogen and oxygen atoms in total. The van der Waals surface area contributed by atoms with Gasteiger partial charge in [-0.25, -0.2) is 0 Å². The Morgan fingerprint density at radius 1 is 1.30 bits per heavy atom. The Labute approximate surface area is 111 Å². The van der Waals surface area contributed by atoms with Gasteiger partial charge in [-0.05, 0) is 18.2 Å². The van der Waals surface area contributed by atoms with Gasteiger partial charge in [-0.1, -0.05) is 0 Å². The molecule has 20 heavy (non-hydrogen) atoms. The number of carboxylic acids is 1. The molecule has 0 heterocycles. The first-order valence-corrected chi connectivity index (χ1v) is 5.37. The Kier molecular flexibility index (Phi) is 4.69. The molecule has 8 heteroatoms. The van der Waals surface area contributed by atoms with Crippen LogP contribution in [0.25, 0.3) is 0 Å². The van der Waals surface area contributed by atoms with Crippen molar-refractivity contribution in [2.75, 3.05) is 5.32 Å². The van der Waals surface area contributed by atoms with Gasteiger partial charge in [-0.15, -0.1) is 0 Å². The van der Waals surface area contributed by atoms with E-state index in [2.05, 4.69) is 0 Å². The summed E-state index contributed by atoms with van der Waals surface area (Å²) in [5.41, 5.74) is -1.85. The fourth-order valence-corrected chi connectivity index (χ4v) is 1.39. The average Bonchev–Trinajstić information content (AvgIpc) is 2.35. The lowest BCUT2D eigenvalue weighted by atomic mass is 10.1. The monoisotopic (exact) mass is 286 g/mol. The molecule has 0 atom stereocenters. The maximum absolute atomic E-state index is 12.8. The lowest BCUT2D eigenvalue weighted by Gasteiger charge is -2.13. The van der Waals surface area contributed by atoms with Crippen LogP contribution in [0.15, 0.2) is 18.2 Å². The second-order valence-corrected chi connectivity index (χ2v) is 3.81. The molecular weight excluding hydrogens is 277 g/mol. The smallest absolute Gasteiger partial charge is 0.418 e. The first-order valence-electron chi connectivity index (χ1n) is 5.37. The summed E-state index contributed by atoms with van der Waals surface area (Å²) >= 11 is 0. The van der Waals surface area contributed by atoms with E-state index < -0.39 is 42.1 Å². The standard InChI is InChI=1S/C12H9F3N2O3/c13-12(14,15)8-5-7(6-16)1-2-9(8)17-10(18)3-4-11(19)20/h1-2,5H,3-4H2,(H,17,18)(H,19,20). The van der Waals surface area contributed by atoms with Crippen LogP contribution in [0.3, 0.4) is 0 Å². The van der Waals surface area contributed by atoms with Crippen LogP contribution in [0.4, 0.5) is 18.9 Å². The zero-order valence-electron chi connectivity index (χ0n) is 9.99. The van der Waals surface area contributed by atoms with E-state index >= 15 is 0 Å². The third-order valence-electron chi connectivity index (χ3n) is 2.29. The minimum Gasteiger partial charge on any atom is -0.481 e. The quantitative estimate of drug-likeness (QED) is 0.889. The number of nitrogens with zero attached hydrogens (tertiary/aromatic N) is 1. The molecule has 0 saturated heterocycles. The lowest BCUT2D eigenvalue weighted by Crippen LogP contribution is -2.17. The molecule has 0 unspecified atom stereocenters. The van der Waals surface area contributed by atoms with Gasteiger partial charge in [0.25, 0.3) is 0 Å². The van der Waals surface area contributed by atoms with Crippen LogP contribution >= 0.6 is 0 Å². The van der Waals surface area contributed by atoms with E-state index in [1.54, 1.807) is 6.07 Å². The van der Waals surface area contributed by atoms with Gasteiger partial charge in [0.15, 0.2) is 0 Å². The van der Waals surface area contributed by atoms with Crippen LogP contribution < -0.4 is 5.32 Å². The summed E-state index contributed by atoms with van der Waals surface area (Å²) in [6.07, 6.45) is -5.65. The summed E-state index contributed by atoms with van der Waals surface area (Å²) < 4.78 is 38.3. The Hall–Kier alpha value is -2.56. The summed E-state index contributed by atoms with van der Waals surface area (Å²) in [6, 6.07) is 4.27. The minimum atomic E-state index is -4.73. The van der Waals surface area contributed by atoms with Crippen LogP contribution in [0.1, 0.15) is 24.0 Å². The molecule has 0 radical (unpaired) electrons. The van der Waals surface area contributed by atoms with Crippen LogP contribution in [0.5, 0.6) is 0 Å². The third-order valence-corrected chi connectivity index (χ3v) is 2.29. The molecule has 1 aromatic rings. The first-order chi connectivity index (χ1) is 9.24. The predicted molar refractivity (Wildman–Crippen MR) is 61.7 cm³/mol. The van der Waals surface area contributed by atoms with Gasteiger partial charge in [0.2, 0.25) is 5.91 Å². The normalized spacial score (nSPS) is 10.7. The molecule has 0 saturated carbocycles. The van der Waals surface area contributed by atoms with Crippen molar-refractivity contribution in [3.05, 3.63) is 29.3 Å². The van der Waals surface area contributed by atoms with Crippen LogP contribution in [-0.4, -0.2) is 17.0 Å². The van der Waals surface area contributed by atoms with E-state index in [0.29, 0.717) is 6.07 Å². The van der Waals surface area contributed by atoms with Gasteiger partial charge in [-0.3, -0.25) is 9.59 Å². The number of aliphatic carboxylic acids is 1. The molecule has 1 rings (SSSR count). The first kappa shape index (κ1) is 15.5. The van der Waals surface area contributed by atoms with E-state index in [0.717, 1.165) is 12.1 Å². The fraction of sp³-hybridized carbons (Fsp3) is 0.250. The number of amides is 1. The highest BCUT2D eigenvalue weighted by Crippen LogP contribution is 2.35. The number of anilines is 1. The zero-order chi connectivity index (χ0) is 15.3. The predicted octanol–water partition coefficient (Wildman–Crippen LogP) is 2.38. The summed E-state index contributed by atoms with van der Waals surface area (Å²) in [7, 11) is 0. The number of benzene rings is 1. The van der Waals surface area contributed by atoms with Crippen molar-refractivity contribution in [1.82, 2.24) is 0 Å². The van der Waals surface area contributed by atoms with E-state index in [-0.39, 0.29) is 5.56 Å². The molecule has 0 aliphatic carbocycles. The van der Waals surface area contributed by atoms with E-state index in [1.807, 2.05) is 5.32 Å². The molecule has 0 aliphatic heterocycles. The number of carbonyl (C=O) groups excluding carboxylic acids is 1. The highest BCUT2D eigenvalue weighted by Gasteiger charge is 2.34. The molecule has 0 aromatic heterocycles. The van der Waals surface area contributed by atoms with Gasteiger partial charge in [0.05, 0.1) is 29.3 Å². The second-order valence-electron chi connectivity index (χ2n) is 3.81. The molecular formula is C12H9F3N2O3. The summed E-state index contributed by atoms with van der Waals surface area (Å²) in [5.74, 6) is -2.07. The average molecular weight is 286 g/mol. The van der Waals surface area contributed by atoms with Crippen molar-refractivity contribution in [2.45, 2.75) is 19.0 Å². The van der Waals surface area contributed by atoms with Gasteiger partial charge < -0.3 is 10.4 Å². The second kappa shape index (κ2) is 6.06. The van der Waals surface area contributed by atoms with Crippen LogP contribution in [-0.2, 0) is 15.8 Å². The largest absolute Gasteiger partial charge is 0.481 e. The number of hydrogen-bond acceptors (Lipinski definition) is 3. The third kappa shape index (κ3) is 4.28. The van der Waals surface area contributed by atoms with Gasteiger partial charge in [-0.2, -0.15) is 18.4 Å². The van der Waals surface area contributed by atoms with Crippen LogP contribution in [0.2, 0.25) is 0 Å². The van der Waals surface area contributed by atoms with Crippen molar-refractivity contribution in [3.63, 3.8) is 0 Å². The number of halogens is 3. The molecule has 2 N–H and O–H groups in total. The minimum absolute atomic E-state index is 0.194. The van der Waals surface area contributed by atoms with Gasteiger partial charge >= 0.3 is 12.1 Å². The number of nitriles is 1. The molecule has 0 spiro atoms. The fourth-order valence-electron chi connectivity index (χ4n) is 1.39. The molecule has 0 bridgehead atoms. The molecule has 1 aromatic carbocycles. The van der Waals surface area contributed by atoms with Gasteiger partial charge in [0, 0.05) is 6.42 Å². The van der Waals surface area contributed by atoms with Crippen molar-refractivity contribution < 1.29 is 27.9 Å². The van der Waals surface area contributed by atoms with E-state index in [9.17, 15) is 22.8 Å². The van der Waals surface area contributed by atoms with Crippen molar-refractivity contribution in [1.29, 1.82) is 5.26 Å². The Bertz CT molecular complexity index is 576. The number of carboxylic acid groups (broad SMARTS) is 1. The van der Waals surface area contributed by atoms with E-state index in [4.69, 9.17) is 10.4 Å². The molecule has 0 aliphatic rings. The zero-order valence-corrected chi connectivity index (χ0v) is 9.99. The van der Waals surface area contributed by atoms with Crippen LogP contribution in [0, 0.1) is 11.3 Å². The maximum Gasteiger partial charge on any atom is 0.418 e. The number of alkyl halides is 3. The van der Waals surface area contributed by atoms with Gasteiger partial charge in [0.1, 0.15) is 0 Å². The summed E-state index contributed by atoms with van der Waals surface area (Å²) in [4.78, 5) is 21.6. The van der Waals surface area contributed by atoms with Crippen molar-refractivity contribution in [3.8, 4) is 6.07 Å². The lowest BCUT2D eigenvalue weighted by molar-refractivity contribution is -0.139. The highest BCUT2D eigenvalue weighted by molar-refractivity contribution is 5.93.